The van der Waals surface area contributed by atoms with Crippen LogP contribution >= 0.6 is 0 Å². The molecule has 3 nitrogen and oxygen atoms in total. The Balaban J connectivity index is 1.50. The first-order valence-corrected chi connectivity index (χ1v) is 15.9. The minimum absolute atomic E-state index is 0.00262. The fourth-order valence-electron chi connectivity index (χ4n) is 7.06. The lowest BCUT2D eigenvalue weighted by Crippen LogP contribution is -2.46. The first kappa shape index (κ1) is 34.8. The van der Waals surface area contributed by atoms with Crippen molar-refractivity contribution < 1.29 is 14.9 Å². The highest BCUT2D eigenvalue weighted by molar-refractivity contribution is 5.39. The van der Waals surface area contributed by atoms with Crippen LogP contribution in [0.25, 0.3) is 0 Å². The molecule has 0 radical (unpaired) electrons. The van der Waals surface area contributed by atoms with E-state index in [1.54, 1.807) is 0 Å². The van der Waals surface area contributed by atoms with Crippen LogP contribution in [-0.4, -0.2) is 33.6 Å². The van der Waals surface area contributed by atoms with E-state index in [1.807, 2.05) is 0 Å². The van der Waals surface area contributed by atoms with Gasteiger partial charge >= 0.3 is 0 Å². The van der Waals surface area contributed by atoms with E-state index in [2.05, 4.69) is 154 Å². The van der Waals surface area contributed by atoms with Crippen LogP contribution in [0.4, 0.5) is 0 Å². The van der Waals surface area contributed by atoms with Gasteiger partial charge in [-0.3, -0.25) is 0 Å². The Hall–Kier alpha value is -2.72. The number of hydrogen-bond donors (Lipinski definition) is 2. The second-order valence-corrected chi connectivity index (χ2v) is 14.6. The van der Waals surface area contributed by atoms with E-state index in [4.69, 9.17) is 4.74 Å². The van der Waals surface area contributed by atoms with Crippen LogP contribution < -0.4 is 0 Å². The standard InChI is InChI=1S/C40H56O3/c1-29(17-13-19-31(3)21-22-36-33(5)25-34(41)26-37(36,6)7)15-11-12-16-30(2)18-14-20-32(4)23-24-40-38(8,9)27-35(42)28-39(40,10)43-40/h11-24,34-35,41-42H,25-28H2,1-10H3/b12-11+,17-13+,18-14+,22-21+,24-23+,29-15+,30-16+,31-19+,32-20+/t34-,35+,39?,40?/m1/s1. The van der Waals surface area contributed by atoms with Crippen LogP contribution in [0, 0.1) is 10.8 Å². The normalized spacial score (nSPS) is 32.3. The molecular formula is C40H56O3. The molecule has 0 aromatic rings. The molecule has 3 rings (SSSR count). The van der Waals surface area contributed by atoms with Crippen LogP contribution in [0.5, 0.6) is 0 Å². The van der Waals surface area contributed by atoms with Gasteiger partial charge in [-0.05, 0) is 77.9 Å². The number of ether oxygens (including phenoxy) is 1. The first-order chi connectivity index (χ1) is 20.0. The van der Waals surface area contributed by atoms with Gasteiger partial charge in [0.1, 0.15) is 11.2 Å². The van der Waals surface area contributed by atoms with Crippen molar-refractivity contribution in [1.29, 1.82) is 0 Å². The average Bonchev–Trinajstić information content (AvgIpc) is 3.49. The lowest BCUT2D eigenvalue weighted by Gasteiger charge is -2.39. The molecular weight excluding hydrogens is 528 g/mol. The fourth-order valence-corrected chi connectivity index (χ4v) is 7.06. The van der Waals surface area contributed by atoms with Crippen molar-refractivity contribution in [1.82, 2.24) is 0 Å². The Bertz CT molecular complexity index is 1330. The zero-order valence-corrected chi connectivity index (χ0v) is 28.4. The monoisotopic (exact) mass is 584 g/mol. The second kappa shape index (κ2) is 13.9. The Morgan fingerprint density at radius 1 is 0.674 bits per heavy atom. The maximum Gasteiger partial charge on any atom is 0.121 e. The Labute approximate surface area is 262 Å². The van der Waals surface area contributed by atoms with E-state index in [9.17, 15) is 10.2 Å². The molecule has 0 spiro atoms. The van der Waals surface area contributed by atoms with Crippen LogP contribution in [-0.2, 0) is 4.74 Å². The largest absolute Gasteiger partial charge is 0.393 e. The summed E-state index contributed by atoms with van der Waals surface area (Å²) in [7, 11) is 0. The van der Waals surface area contributed by atoms with E-state index >= 15 is 0 Å². The Morgan fingerprint density at radius 3 is 1.72 bits per heavy atom. The lowest BCUT2D eigenvalue weighted by atomic mass is 9.63. The second-order valence-electron chi connectivity index (χ2n) is 14.6. The summed E-state index contributed by atoms with van der Waals surface area (Å²) in [6.07, 6.45) is 32.3. The number of rotatable bonds is 10. The summed E-state index contributed by atoms with van der Waals surface area (Å²) in [5.74, 6) is 0. The van der Waals surface area contributed by atoms with E-state index in [0.29, 0.717) is 6.42 Å². The molecule has 2 fully saturated rings. The van der Waals surface area contributed by atoms with E-state index in [1.165, 1.54) is 33.4 Å². The topological polar surface area (TPSA) is 53.0 Å². The maximum atomic E-state index is 10.2. The lowest BCUT2D eigenvalue weighted by molar-refractivity contribution is 0.0515. The molecule has 4 atom stereocenters. The van der Waals surface area contributed by atoms with Gasteiger partial charge in [-0.25, -0.2) is 0 Å². The molecule has 0 aromatic heterocycles. The third-order valence-corrected chi connectivity index (χ3v) is 9.34. The number of epoxide rings is 1. The summed E-state index contributed by atoms with van der Waals surface area (Å²) in [5.41, 5.74) is 6.71. The summed E-state index contributed by atoms with van der Waals surface area (Å²) in [6, 6.07) is 0. The van der Waals surface area contributed by atoms with Crippen LogP contribution in [0.15, 0.2) is 119 Å². The van der Waals surface area contributed by atoms with Gasteiger partial charge in [0.05, 0.1) is 12.2 Å². The molecule has 3 heteroatoms. The highest BCUT2D eigenvalue weighted by Crippen LogP contribution is 2.66. The fraction of sp³-hybridized carbons (Fsp3) is 0.500. The summed E-state index contributed by atoms with van der Waals surface area (Å²) in [5, 5.41) is 20.4. The molecule has 2 N–H and O–H groups in total. The average molecular weight is 585 g/mol. The molecule has 43 heavy (non-hydrogen) atoms. The van der Waals surface area contributed by atoms with Crippen molar-refractivity contribution in [2.24, 2.45) is 10.8 Å². The van der Waals surface area contributed by atoms with Gasteiger partial charge in [0, 0.05) is 11.8 Å². The molecule has 2 unspecified atom stereocenters. The molecule has 0 bridgehead atoms. The predicted octanol–water partition coefficient (Wildman–Crippen LogP) is 9.76. The number of aliphatic hydroxyl groups is 2. The van der Waals surface area contributed by atoms with Gasteiger partial charge in [0.25, 0.3) is 0 Å². The number of allylic oxidation sites excluding steroid dienone is 18. The maximum absolute atomic E-state index is 10.2. The van der Waals surface area contributed by atoms with Gasteiger partial charge in [0.15, 0.2) is 0 Å². The predicted molar refractivity (Wildman–Crippen MR) is 184 cm³/mol. The zero-order chi connectivity index (χ0) is 32.1. The highest BCUT2D eigenvalue weighted by Gasteiger charge is 2.74. The molecule has 1 heterocycles. The van der Waals surface area contributed by atoms with Gasteiger partial charge < -0.3 is 14.9 Å². The zero-order valence-electron chi connectivity index (χ0n) is 28.4. The van der Waals surface area contributed by atoms with Crippen LogP contribution in [0.2, 0.25) is 0 Å². The van der Waals surface area contributed by atoms with E-state index in [-0.39, 0.29) is 34.2 Å². The Kier molecular flexibility index (Phi) is 11.3. The smallest absolute Gasteiger partial charge is 0.121 e. The quantitative estimate of drug-likeness (QED) is 0.198. The van der Waals surface area contributed by atoms with Gasteiger partial charge in [-0.2, -0.15) is 0 Å². The van der Waals surface area contributed by atoms with Crippen LogP contribution in [0.1, 0.15) is 94.9 Å². The molecule has 1 saturated heterocycles. The molecule has 3 aliphatic rings. The van der Waals surface area contributed by atoms with Gasteiger partial charge in [0.2, 0.25) is 0 Å². The van der Waals surface area contributed by atoms with E-state index < -0.39 is 0 Å². The van der Waals surface area contributed by atoms with Crippen molar-refractivity contribution in [3.8, 4) is 0 Å². The Morgan fingerprint density at radius 2 is 1.19 bits per heavy atom. The number of aliphatic hydroxyl groups excluding tert-OH is 2. The summed E-state index contributed by atoms with van der Waals surface area (Å²) in [4.78, 5) is 0. The SMILES string of the molecule is CC1=C(/C=C/C(C)=C/C=C/C(C)=C/C=C/C=C(C)/C=C/C=C(C)/C=C/C23OC2(C)C[C@@H](O)CC3(C)C)C(C)(C)C[C@H](O)C1. The van der Waals surface area contributed by atoms with E-state index in [0.717, 1.165) is 19.3 Å². The first-order valence-electron chi connectivity index (χ1n) is 15.9. The summed E-state index contributed by atoms with van der Waals surface area (Å²) < 4.78 is 6.25. The third kappa shape index (κ3) is 8.91. The molecule has 2 aliphatic carbocycles. The molecule has 0 aromatic carbocycles. The molecule has 1 aliphatic heterocycles. The minimum atomic E-state index is -0.291. The van der Waals surface area contributed by atoms with Crippen molar-refractivity contribution in [3.05, 3.63) is 119 Å². The minimum Gasteiger partial charge on any atom is -0.393 e. The van der Waals surface area contributed by atoms with Gasteiger partial charge in [-0.1, -0.05) is 135 Å². The third-order valence-electron chi connectivity index (χ3n) is 9.34. The van der Waals surface area contributed by atoms with Crippen molar-refractivity contribution in [2.45, 2.75) is 118 Å². The summed E-state index contributed by atoms with van der Waals surface area (Å²) >= 11 is 0. The summed E-state index contributed by atoms with van der Waals surface area (Å²) in [6.45, 7) is 21.5. The number of fused-ring (bicyclic) bond motifs is 1. The van der Waals surface area contributed by atoms with Crippen molar-refractivity contribution >= 4 is 0 Å². The van der Waals surface area contributed by atoms with Crippen molar-refractivity contribution in [3.63, 3.8) is 0 Å². The van der Waals surface area contributed by atoms with Gasteiger partial charge in [-0.15, -0.1) is 0 Å². The van der Waals surface area contributed by atoms with Crippen LogP contribution in [0.3, 0.4) is 0 Å². The highest BCUT2D eigenvalue weighted by atomic mass is 16.6. The molecule has 1 saturated carbocycles. The number of hydrogen-bond acceptors (Lipinski definition) is 3. The van der Waals surface area contributed by atoms with Crippen molar-refractivity contribution in [2.75, 3.05) is 0 Å². The molecule has 234 valence electrons. The molecule has 0 amide bonds.